The molecule has 0 aromatic heterocycles. The quantitative estimate of drug-likeness (QED) is 0.519. The Morgan fingerprint density at radius 2 is 2.11 bits per heavy atom. The molecule has 0 bridgehead atoms. The third-order valence-corrected chi connectivity index (χ3v) is 2.70. The summed E-state index contributed by atoms with van der Waals surface area (Å²) in [6.45, 7) is 5.76. The third kappa shape index (κ3) is 6.85. The van der Waals surface area contributed by atoms with Crippen molar-refractivity contribution < 1.29 is 9.47 Å². The van der Waals surface area contributed by atoms with E-state index in [4.69, 9.17) is 15.9 Å². The molecular weight excluding hydrogens is 238 g/mol. The Morgan fingerprint density at radius 1 is 1.26 bits per heavy atom. The van der Waals surface area contributed by atoms with Crippen LogP contribution in [-0.2, 0) is 11.3 Å². The van der Waals surface area contributed by atoms with Crippen LogP contribution in [0.15, 0.2) is 24.3 Å². The number of terminal acetylenes is 1. The lowest BCUT2D eigenvalue weighted by atomic mass is 10.2. The smallest absolute Gasteiger partial charge is 0.148 e. The minimum Gasteiger partial charge on any atom is -0.481 e. The van der Waals surface area contributed by atoms with Crippen molar-refractivity contribution >= 4 is 0 Å². The normalized spacial score (nSPS) is 10.1. The lowest BCUT2D eigenvalue weighted by molar-refractivity contribution is 0.143. The summed E-state index contributed by atoms with van der Waals surface area (Å²) in [6, 6.07) is 7.97. The minimum absolute atomic E-state index is 0.311. The molecule has 0 spiro atoms. The van der Waals surface area contributed by atoms with Crippen LogP contribution in [0.2, 0.25) is 0 Å². The highest BCUT2D eigenvalue weighted by atomic mass is 16.5. The van der Waals surface area contributed by atoms with Crippen molar-refractivity contribution in [2.24, 2.45) is 0 Å². The van der Waals surface area contributed by atoms with Crippen LogP contribution in [0.1, 0.15) is 25.3 Å². The largest absolute Gasteiger partial charge is 0.481 e. The van der Waals surface area contributed by atoms with Gasteiger partial charge in [-0.1, -0.05) is 24.1 Å². The summed E-state index contributed by atoms with van der Waals surface area (Å²) in [4.78, 5) is 0. The van der Waals surface area contributed by atoms with Crippen LogP contribution in [-0.4, -0.2) is 26.4 Å². The van der Waals surface area contributed by atoms with Crippen LogP contribution in [0.25, 0.3) is 0 Å². The van der Waals surface area contributed by atoms with Gasteiger partial charge in [-0.3, -0.25) is 0 Å². The standard InChI is InChI=1S/C16H23NO2/c1-3-12-19-16-10-6-5-9-15(16)14-17-11-7-8-13-18-4-2/h1,5-6,9-10,17H,4,7-8,11-14H2,2H3. The molecule has 1 rings (SSSR count). The van der Waals surface area contributed by atoms with Crippen LogP contribution < -0.4 is 10.1 Å². The predicted molar refractivity (Wildman–Crippen MR) is 78.2 cm³/mol. The fraction of sp³-hybridized carbons (Fsp3) is 0.500. The average Bonchev–Trinajstić information content (AvgIpc) is 2.45. The Bertz CT molecular complexity index is 385. The topological polar surface area (TPSA) is 30.5 Å². The fourth-order valence-corrected chi connectivity index (χ4v) is 1.73. The molecule has 104 valence electrons. The van der Waals surface area contributed by atoms with E-state index in [1.807, 2.05) is 25.1 Å². The second-order valence-corrected chi connectivity index (χ2v) is 4.18. The molecule has 0 aliphatic rings. The summed E-state index contributed by atoms with van der Waals surface area (Å²) in [5.41, 5.74) is 1.14. The third-order valence-electron chi connectivity index (χ3n) is 2.70. The van der Waals surface area contributed by atoms with Gasteiger partial charge < -0.3 is 14.8 Å². The number of unbranched alkanes of at least 4 members (excludes halogenated alkanes) is 1. The van der Waals surface area contributed by atoms with Gasteiger partial charge in [-0.25, -0.2) is 0 Å². The van der Waals surface area contributed by atoms with E-state index in [0.29, 0.717) is 6.61 Å². The molecular formula is C16H23NO2. The highest BCUT2D eigenvalue weighted by molar-refractivity contribution is 5.33. The molecule has 0 radical (unpaired) electrons. The first-order chi connectivity index (χ1) is 9.38. The lowest BCUT2D eigenvalue weighted by Crippen LogP contribution is -2.16. The maximum absolute atomic E-state index is 5.50. The van der Waals surface area contributed by atoms with Gasteiger partial charge in [0.1, 0.15) is 12.4 Å². The zero-order valence-electron chi connectivity index (χ0n) is 11.7. The van der Waals surface area contributed by atoms with E-state index in [9.17, 15) is 0 Å². The average molecular weight is 261 g/mol. The van der Waals surface area contributed by atoms with Crippen LogP contribution in [0.4, 0.5) is 0 Å². The molecule has 1 aromatic carbocycles. The Hall–Kier alpha value is -1.50. The van der Waals surface area contributed by atoms with E-state index >= 15 is 0 Å². The zero-order valence-corrected chi connectivity index (χ0v) is 11.7. The second-order valence-electron chi connectivity index (χ2n) is 4.18. The van der Waals surface area contributed by atoms with Crippen molar-refractivity contribution in [2.45, 2.75) is 26.3 Å². The van der Waals surface area contributed by atoms with Crippen LogP contribution >= 0.6 is 0 Å². The van der Waals surface area contributed by atoms with Crippen molar-refractivity contribution in [1.82, 2.24) is 5.32 Å². The summed E-state index contributed by atoms with van der Waals surface area (Å²) in [6.07, 6.45) is 7.42. The Kier molecular flexibility index (Phi) is 8.54. The Balaban J connectivity index is 2.23. The van der Waals surface area contributed by atoms with Gasteiger partial charge in [0.15, 0.2) is 0 Å². The summed E-state index contributed by atoms with van der Waals surface area (Å²) in [5.74, 6) is 3.35. The second kappa shape index (κ2) is 10.4. The molecule has 0 heterocycles. The van der Waals surface area contributed by atoms with Crippen molar-refractivity contribution in [2.75, 3.05) is 26.4 Å². The van der Waals surface area contributed by atoms with Crippen molar-refractivity contribution in [3.05, 3.63) is 29.8 Å². The first-order valence-corrected chi connectivity index (χ1v) is 6.81. The van der Waals surface area contributed by atoms with E-state index < -0.39 is 0 Å². The molecule has 0 fully saturated rings. The first kappa shape index (κ1) is 15.6. The first-order valence-electron chi connectivity index (χ1n) is 6.81. The summed E-state index contributed by atoms with van der Waals surface area (Å²) in [5, 5.41) is 3.41. The van der Waals surface area contributed by atoms with Crippen molar-refractivity contribution in [3.8, 4) is 18.1 Å². The van der Waals surface area contributed by atoms with E-state index in [0.717, 1.165) is 50.5 Å². The highest BCUT2D eigenvalue weighted by Crippen LogP contribution is 2.17. The fourth-order valence-electron chi connectivity index (χ4n) is 1.73. The lowest BCUT2D eigenvalue weighted by Gasteiger charge is -2.10. The summed E-state index contributed by atoms with van der Waals surface area (Å²) < 4.78 is 10.8. The molecule has 0 unspecified atom stereocenters. The zero-order chi connectivity index (χ0) is 13.8. The van der Waals surface area contributed by atoms with Gasteiger partial charge in [-0.05, 0) is 32.4 Å². The molecule has 0 aliphatic heterocycles. The summed E-state index contributed by atoms with van der Waals surface area (Å²) in [7, 11) is 0. The monoisotopic (exact) mass is 261 g/mol. The van der Waals surface area contributed by atoms with Gasteiger partial charge in [0, 0.05) is 25.3 Å². The number of rotatable bonds is 10. The van der Waals surface area contributed by atoms with E-state index in [1.54, 1.807) is 0 Å². The maximum Gasteiger partial charge on any atom is 0.148 e. The predicted octanol–water partition coefficient (Wildman–Crippen LogP) is 2.60. The molecule has 0 amide bonds. The van der Waals surface area contributed by atoms with Crippen LogP contribution in [0.5, 0.6) is 5.75 Å². The molecule has 19 heavy (non-hydrogen) atoms. The number of nitrogens with one attached hydrogen (secondary N) is 1. The number of hydrogen-bond acceptors (Lipinski definition) is 3. The Labute approximate surface area is 116 Å². The van der Waals surface area contributed by atoms with Gasteiger partial charge >= 0.3 is 0 Å². The molecule has 0 aliphatic carbocycles. The van der Waals surface area contributed by atoms with Gasteiger partial charge in [-0.15, -0.1) is 6.42 Å². The van der Waals surface area contributed by atoms with Gasteiger partial charge in [-0.2, -0.15) is 0 Å². The minimum atomic E-state index is 0.311. The number of ether oxygens (including phenoxy) is 2. The molecule has 3 nitrogen and oxygen atoms in total. The molecule has 0 saturated heterocycles. The van der Waals surface area contributed by atoms with Crippen molar-refractivity contribution in [3.63, 3.8) is 0 Å². The van der Waals surface area contributed by atoms with Gasteiger partial charge in [0.2, 0.25) is 0 Å². The summed E-state index contributed by atoms with van der Waals surface area (Å²) >= 11 is 0. The van der Waals surface area contributed by atoms with E-state index in [2.05, 4.69) is 17.3 Å². The SMILES string of the molecule is C#CCOc1ccccc1CNCCCCOCC. The van der Waals surface area contributed by atoms with Crippen LogP contribution in [0.3, 0.4) is 0 Å². The van der Waals surface area contributed by atoms with E-state index in [1.165, 1.54) is 0 Å². The molecule has 1 aromatic rings. The van der Waals surface area contributed by atoms with E-state index in [-0.39, 0.29) is 0 Å². The Morgan fingerprint density at radius 3 is 2.89 bits per heavy atom. The highest BCUT2D eigenvalue weighted by Gasteiger charge is 2.01. The molecule has 0 saturated carbocycles. The number of benzene rings is 1. The van der Waals surface area contributed by atoms with Gasteiger partial charge in [0.25, 0.3) is 0 Å². The molecule has 3 heteroatoms. The maximum atomic E-state index is 5.50. The molecule has 1 N–H and O–H groups in total. The number of para-hydroxylation sites is 1. The molecule has 0 atom stereocenters. The van der Waals surface area contributed by atoms with Crippen molar-refractivity contribution in [1.29, 1.82) is 0 Å². The van der Waals surface area contributed by atoms with Crippen LogP contribution in [0, 0.1) is 12.3 Å². The number of hydrogen-bond donors (Lipinski definition) is 1. The van der Waals surface area contributed by atoms with Gasteiger partial charge in [0.05, 0.1) is 0 Å².